The molecule has 7 nitrogen and oxygen atoms in total. The third-order valence-corrected chi connectivity index (χ3v) is 4.89. The number of aromatic nitrogens is 1. The lowest BCUT2D eigenvalue weighted by Gasteiger charge is -2.15. The van der Waals surface area contributed by atoms with Crippen molar-refractivity contribution in [1.29, 1.82) is 5.26 Å². The number of hydrogen-bond acceptors (Lipinski definition) is 4. The Morgan fingerprint density at radius 3 is 2.96 bits per heavy atom. The Bertz CT molecular complexity index is 909. The summed E-state index contributed by atoms with van der Waals surface area (Å²) >= 11 is 0. The smallest absolute Gasteiger partial charge is 0.263 e. The molecule has 28 heavy (non-hydrogen) atoms. The number of fused-ring (bicyclic) bond motifs is 1. The highest BCUT2D eigenvalue weighted by Crippen LogP contribution is 2.17. The number of rotatable bonds is 9. The highest BCUT2D eigenvalue weighted by Gasteiger charge is 2.19. The van der Waals surface area contributed by atoms with Crippen molar-refractivity contribution in [3.05, 3.63) is 47.8 Å². The number of aromatic amines is 1. The van der Waals surface area contributed by atoms with Crippen LogP contribution in [0.1, 0.15) is 24.8 Å². The fourth-order valence-electron chi connectivity index (χ4n) is 3.38. The Hall–Kier alpha value is -3.27. The third kappa shape index (κ3) is 4.92. The molecule has 1 fully saturated rings. The molecule has 1 aromatic carbocycles. The van der Waals surface area contributed by atoms with E-state index in [4.69, 9.17) is 0 Å². The van der Waals surface area contributed by atoms with Crippen LogP contribution in [0.15, 0.2) is 42.2 Å². The van der Waals surface area contributed by atoms with Gasteiger partial charge in [-0.1, -0.05) is 18.2 Å². The van der Waals surface area contributed by atoms with Gasteiger partial charge in [0.05, 0.1) is 0 Å². The predicted molar refractivity (Wildman–Crippen MR) is 107 cm³/mol. The molecule has 0 spiro atoms. The second-order valence-electron chi connectivity index (χ2n) is 6.83. The largest absolute Gasteiger partial charge is 0.389 e. The number of nitrogens with one attached hydrogen (secondary N) is 3. The minimum atomic E-state index is -0.394. The maximum absolute atomic E-state index is 12.1. The molecular weight excluding hydrogens is 354 g/mol. The first kappa shape index (κ1) is 19.5. The van der Waals surface area contributed by atoms with Gasteiger partial charge in [0.15, 0.2) is 0 Å². The van der Waals surface area contributed by atoms with Crippen molar-refractivity contribution in [2.24, 2.45) is 0 Å². The fraction of sp³-hybridized carbons (Fsp3) is 0.381. The highest BCUT2D eigenvalue weighted by atomic mass is 16.2. The van der Waals surface area contributed by atoms with E-state index in [9.17, 15) is 14.9 Å². The first-order valence-corrected chi connectivity index (χ1v) is 9.63. The molecule has 0 unspecified atom stereocenters. The molecule has 1 aliphatic heterocycles. The summed E-state index contributed by atoms with van der Waals surface area (Å²) in [6.07, 6.45) is 6.46. The molecule has 3 rings (SSSR count). The van der Waals surface area contributed by atoms with Gasteiger partial charge in [-0.25, -0.2) is 0 Å². The molecule has 7 heteroatoms. The number of benzene rings is 1. The van der Waals surface area contributed by atoms with Gasteiger partial charge in [0, 0.05) is 55.9 Å². The average Bonchev–Trinajstić information content (AvgIpc) is 3.31. The van der Waals surface area contributed by atoms with Crippen LogP contribution in [0.4, 0.5) is 0 Å². The number of H-pyrrole nitrogens is 1. The van der Waals surface area contributed by atoms with Crippen LogP contribution in [0.5, 0.6) is 0 Å². The SMILES string of the molecule is N#C/C(=C/NCCc1c[nH]c2ccccc12)C(=O)NCCCN1CCCC1=O. The number of carbonyl (C=O) groups is 2. The quantitative estimate of drug-likeness (QED) is 0.351. The van der Waals surface area contributed by atoms with Crippen LogP contribution >= 0.6 is 0 Å². The molecule has 0 saturated carbocycles. The molecule has 0 aliphatic carbocycles. The van der Waals surface area contributed by atoms with E-state index in [1.807, 2.05) is 35.4 Å². The average molecular weight is 379 g/mol. The lowest BCUT2D eigenvalue weighted by molar-refractivity contribution is -0.127. The molecule has 3 N–H and O–H groups in total. The van der Waals surface area contributed by atoms with Crippen molar-refractivity contribution >= 4 is 22.7 Å². The van der Waals surface area contributed by atoms with Crippen molar-refractivity contribution in [3.8, 4) is 6.07 Å². The first-order valence-electron chi connectivity index (χ1n) is 9.63. The molecule has 146 valence electrons. The van der Waals surface area contributed by atoms with Crippen molar-refractivity contribution < 1.29 is 9.59 Å². The van der Waals surface area contributed by atoms with Gasteiger partial charge in [-0.2, -0.15) is 5.26 Å². The maximum Gasteiger partial charge on any atom is 0.263 e. The lowest BCUT2D eigenvalue weighted by atomic mass is 10.1. The Labute approximate surface area is 164 Å². The summed E-state index contributed by atoms with van der Waals surface area (Å²) < 4.78 is 0. The molecule has 1 aromatic heterocycles. The second-order valence-corrected chi connectivity index (χ2v) is 6.83. The molecule has 0 atom stereocenters. The zero-order valence-electron chi connectivity index (χ0n) is 15.8. The lowest BCUT2D eigenvalue weighted by Crippen LogP contribution is -2.31. The van der Waals surface area contributed by atoms with Crippen LogP contribution in [0.2, 0.25) is 0 Å². The summed E-state index contributed by atoms with van der Waals surface area (Å²) in [4.78, 5) is 28.7. The van der Waals surface area contributed by atoms with E-state index in [0.29, 0.717) is 32.5 Å². The summed E-state index contributed by atoms with van der Waals surface area (Å²) in [5.41, 5.74) is 2.34. The van der Waals surface area contributed by atoms with Crippen molar-refractivity contribution in [1.82, 2.24) is 20.5 Å². The summed E-state index contributed by atoms with van der Waals surface area (Å²) in [7, 11) is 0. The van der Waals surface area contributed by atoms with Crippen LogP contribution in [-0.4, -0.2) is 47.9 Å². The summed E-state index contributed by atoms with van der Waals surface area (Å²) in [6.45, 7) is 2.51. The molecule has 0 radical (unpaired) electrons. The van der Waals surface area contributed by atoms with E-state index in [0.717, 1.165) is 24.9 Å². The van der Waals surface area contributed by atoms with E-state index in [1.165, 1.54) is 17.1 Å². The molecule has 0 bridgehead atoms. The molecular formula is C21H25N5O2. The van der Waals surface area contributed by atoms with Crippen molar-refractivity contribution in [2.45, 2.75) is 25.7 Å². The van der Waals surface area contributed by atoms with Gasteiger partial charge < -0.3 is 20.5 Å². The highest BCUT2D eigenvalue weighted by molar-refractivity contribution is 5.97. The normalized spacial score (nSPS) is 14.3. The van der Waals surface area contributed by atoms with Gasteiger partial charge in [0.2, 0.25) is 5.91 Å². The fourth-order valence-corrected chi connectivity index (χ4v) is 3.38. The number of hydrogen-bond donors (Lipinski definition) is 3. The molecule has 2 aromatic rings. The van der Waals surface area contributed by atoms with E-state index >= 15 is 0 Å². The number of para-hydroxylation sites is 1. The number of nitrogens with zero attached hydrogens (tertiary/aromatic N) is 2. The Kier molecular flexibility index (Phi) is 6.68. The number of nitriles is 1. The molecule has 1 saturated heterocycles. The Balaban J connectivity index is 1.39. The van der Waals surface area contributed by atoms with Crippen LogP contribution in [0.25, 0.3) is 10.9 Å². The zero-order chi connectivity index (χ0) is 19.8. The standard InChI is InChI=1S/C21H25N5O2/c22-13-17(21(28)24-9-4-12-26-11-3-7-20(26)27)14-23-10-8-16-15-25-19-6-2-1-5-18(16)19/h1-2,5-6,14-15,23,25H,3-4,7-12H2,(H,24,28)/b17-14-. The topological polar surface area (TPSA) is 101 Å². The van der Waals surface area contributed by atoms with E-state index in [1.54, 1.807) is 0 Å². The number of likely N-dealkylation sites (tertiary alicyclic amines) is 1. The monoisotopic (exact) mass is 379 g/mol. The van der Waals surface area contributed by atoms with Gasteiger partial charge in [-0.05, 0) is 30.9 Å². The molecule has 1 aliphatic rings. The van der Waals surface area contributed by atoms with Gasteiger partial charge in [-0.3, -0.25) is 9.59 Å². The molecule has 2 amide bonds. The van der Waals surface area contributed by atoms with Crippen molar-refractivity contribution in [3.63, 3.8) is 0 Å². The summed E-state index contributed by atoms with van der Waals surface area (Å²) in [6, 6.07) is 10.0. The van der Waals surface area contributed by atoms with Gasteiger partial charge >= 0.3 is 0 Å². The second kappa shape index (κ2) is 9.60. The summed E-state index contributed by atoms with van der Waals surface area (Å²) in [5.74, 6) is -0.210. The third-order valence-electron chi connectivity index (χ3n) is 4.89. The first-order chi connectivity index (χ1) is 13.7. The Morgan fingerprint density at radius 1 is 1.32 bits per heavy atom. The minimum Gasteiger partial charge on any atom is -0.389 e. The van der Waals surface area contributed by atoms with E-state index in [2.05, 4.69) is 21.7 Å². The van der Waals surface area contributed by atoms with Gasteiger partial charge in [0.1, 0.15) is 11.6 Å². The van der Waals surface area contributed by atoms with Crippen molar-refractivity contribution in [2.75, 3.05) is 26.2 Å². The Morgan fingerprint density at radius 2 is 2.18 bits per heavy atom. The van der Waals surface area contributed by atoms with Crippen LogP contribution in [0.3, 0.4) is 0 Å². The maximum atomic E-state index is 12.1. The number of amides is 2. The van der Waals surface area contributed by atoms with Gasteiger partial charge in [-0.15, -0.1) is 0 Å². The van der Waals surface area contributed by atoms with Gasteiger partial charge in [0.25, 0.3) is 5.91 Å². The van der Waals surface area contributed by atoms with Crippen LogP contribution < -0.4 is 10.6 Å². The van der Waals surface area contributed by atoms with E-state index < -0.39 is 5.91 Å². The summed E-state index contributed by atoms with van der Waals surface area (Å²) in [5, 5.41) is 16.2. The number of carbonyl (C=O) groups excluding carboxylic acids is 2. The van der Waals surface area contributed by atoms with Crippen LogP contribution in [-0.2, 0) is 16.0 Å². The minimum absolute atomic E-state index is 0.0520. The molecule has 2 heterocycles. The zero-order valence-corrected chi connectivity index (χ0v) is 15.8. The van der Waals surface area contributed by atoms with Crippen LogP contribution in [0, 0.1) is 11.3 Å². The predicted octanol–water partition coefficient (Wildman–Crippen LogP) is 1.84. The van der Waals surface area contributed by atoms with E-state index in [-0.39, 0.29) is 11.5 Å².